The fourth-order valence-electron chi connectivity index (χ4n) is 1.64. The van der Waals surface area contributed by atoms with Crippen LogP contribution in [0.25, 0.3) is 0 Å². The number of hydrogen-bond donors (Lipinski definition) is 2. The van der Waals surface area contributed by atoms with Gasteiger partial charge in [0, 0.05) is 33.0 Å². The van der Waals surface area contributed by atoms with Crippen molar-refractivity contribution in [3.63, 3.8) is 0 Å². The number of likely N-dealkylation sites (N-methyl/N-ethyl adjacent to an activating group) is 1. The molecule has 8 heteroatoms. The molecule has 116 valence electrons. The Hall–Kier alpha value is -0.960. The molecular formula is C12H24N4O3S. The number of ether oxygens (including phenoxy) is 1. The van der Waals surface area contributed by atoms with Gasteiger partial charge in [-0.05, 0) is 19.4 Å². The van der Waals surface area contributed by atoms with E-state index in [1.54, 1.807) is 18.0 Å². The van der Waals surface area contributed by atoms with Gasteiger partial charge in [0.1, 0.15) is 4.90 Å². The van der Waals surface area contributed by atoms with Gasteiger partial charge >= 0.3 is 0 Å². The van der Waals surface area contributed by atoms with Gasteiger partial charge in [-0.15, -0.1) is 0 Å². The van der Waals surface area contributed by atoms with E-state index in [4.69, 9.17) is 4.74 Å². The molecule has 0 saturated carbocycles. The summed E-state index contributed by atoms with van der Waals surface area (Å²) < 4.78 is 33.1. The molecule has 0 spiro atoms. The van der Waals surface area contributed by atoms with E-state index in [0.29, 0.717) is 19.7 Å². The fraction of sp³-hybridized carbons (Fsp3) is 0.750. The minimum atomic E-state index is -3.45. The van der Waals surface area contributed by atoms with E-state index in [1.165, 1.54) is 6.20 Å². The zero-order valence-corrected chi connectivity index (χ0v) is 12.9. The number of nitrogens with zero attached hydrogens (tertiary/aromatic N) is 2. The van der Waals surface area contributed by atoms with Crippen molar-refractivity contribution in [3.05, 3.63) is 12.4 Å². The summed E-state index contributed by atoms with van der Waals surface area (Å²) in [5, 5.41) is 7.21. The summed E-state index contributed by atoms with van der Waals surface area (Å²) in [5.74, 6) is 0. The van der Waals surface area contributed by atoms with Gasteiger partial charge in [0.2, 0.25) is 10.0 Å². The van der Waals surface area contributed by atoms with Gasteiger partial charge in [-0.25, -0.2) is 13.1 Å². The number of aromatic nitrogens is 2. The quantitative estimate of drug-likeness (QED) is 0.570. The van der Waals surface area contributed by atoms with Crippen LogP contribution in [0.4, 0.5) is 0 Å². The maximum absolute atomic E-state index is 12.0. The van der Waals surface area contributed by atoms with Crippen molar-refractivity contribution in [2.75, 3.05) is 33.4 Å². The van der Waals surface area contributed by atoms with Crippen molar-refractivity contribution in [1.82, 2.24) is 19.8 Å². The SMILES string of the molecule is CCNCCn1cc(S(=O)(=O)NCCCCOC)cn1. The third-order valence-electron chi connectivity index (χ3n) is 2.75. The molecule has 0 aliphatic rings. The number of nitrogens with one attached hydrogen (secondary N) is 2. The van der Waals surface area contributed by atoms with Gasteiger partial charge in [0.15, 0.2) is 0 Å². The molecule has 0 saturated heterocycles. The monoisotopic (exact) mass is 304 g/mol. The first-order valence-electron chi connectivity index (χ1n) is 6.82. The highest BCUT2D eigenvalue weighted by atomic mass is 32.2. The van der Waals surface area contributed by atoms with Crippen LogP contribution in [0.2, 0.25) is 0 Å². The molecule has 0 atom stereocenters. The molecule has 1 rings (SSSR count). The second-order valence-corrected chi connectivity index (χ2v) is 6.16. The third kappa shape index (κ3) is 6.00. The zero-order valence-electron chi connectivity index (χ0n) is 12.1. The topological polar surface area (TPSA) is 85.2 Å². The molecule has 0 aliphatic carbocycles. The Morgan fingerprint density at radius 3 is 2.85 bits per heavy atom. The van der Waals surface area contributed by atoms with Gasteiger partial charge in [0.25, 0.3) is 0 Å². The average Bonchev–Trinajstić information content (AvgIpc) is 2.88. The van der Waals surface area contributed by atoms with Gasteiger partial charge in [-0.1, -0.05) is 6.92 Å². The molecule has 0 bridgehead atoms. The van der Waals surface area contributed by atoms with E-state index < -0.39 is 10.0 Å². The number of sulfonamides is 1. The van der Waals surface area contributed by atoms with Crippen LogP contribution in [0.3, 0.4) is 0 Å². The van der Waals surface area contributed by atoms with Crippen molar-refractivity contribution in [3.8, 4) is 0 Å². The second kappa shape index (κ2) is 9.06. The predicted octanol–water partition coefficient (Wildman–Crippen LogP) is 0.198. The van der Waals surface area contributed by atoms with Crippen molar-refractivity contribution >= 4 is 10.0 Å². The molecule has 0 fully saturated rings. The standard InChI is InChI=1S/C12H24N4O3S/c1-3-13-7-8-16-11-12(10-14-16)20(17,18)15-6-4-5-9-19-2/h10-11,13,15H,3-9H2,1-2H3. The maximum atomic E-state index is 12.0. The molecule has 0 radical (unpaired) electrons. The molecule has 0 aliphatic heterocycles. The molecule has 20 heavy (non-hydrogen) atoms. The molecule has 2 N–H and O–H groups in total. The summed E-state index contributed by atoms with van der Waals surface area (Å²) in [6.45, 7) is 5.37. The van der Waals surface area contributed by atoms with Gasteiger partial charge in [-0.2, -0.15) is 5.10 Å². The summed E-state index contributed by atoms with van der Waals surface area (Å²) in [6.07, 6.45) is 4.51. The lowest BCUT2D eigenvalue weighted by Crippen LogP contribution is -2.24. The van der Waals surface area contributed by atoms with Crippen LogP contribution in [0.15, 0.2) is 17.3 Å². The van der Waals surface area contributed by atoms with E-state index in [2.05, 4.69) is 15.1 Å². The smallest absolute Gasteiger partial charge is 0.243 e. The van der Waals surface area contributed by atoms with E-state index >= 15 is 0 Å². The van der Waals surface area contributed by atoms with Gasteiger partial charge in [-0.3, -0.25) is 4.68 Å². The Bertz CT molecular complexity index is 473. The highest BCUT2D eigenvalue weighted by Crippen LogP contribution is 2.06. The largest absolute Gasteiger partial charge is 0.385 e. The Kier molecular flexibility index (Phi) is 7.75. The lowest BCUT2D eigenvalue weighted by atomic mass is 10.3. The summed E-state index contributed by atoms with van der Waals surface area (Å²) in [4.78, 5) is 0.209. The Morgan fingerprint density at radius 2 is 2.15 bits per heavy atom. The minimum absolute atomic E-state index is 0.209. The van der Waals surface area contributed by atoms with Crippen LogP contribution in [-0.2, 0) is 21.3 Å². The van der Waals surface area contributed by atoms with E-state index in [9.17, 15) is 8.42 Å². The maximum Gasteiger partial charge on any atom is 0.243 e. The van der Waals surface area contributed by atoms with Crippen LogP contribution < -0.4 is 10.0 Å². The average molecular weight is 304 g/mol. The first kappa shape index (κ1) is 17.1. The highest BCUT2D eigenvalue weighted by molar-refractivity contribution is 7.89. The van der Waals surface area contributed by atoms with Crippen LogP contribution in [0.5, 0.6) is 0 Å². The third-order valence-corrected chi connectivity index (χ3v) is 4.17. The Balaban J connectivity index is 2.42. The van der Waals surface area contributed by atoms with Crippen LogP contribution in [0, 0.1) is 0 Å². The highest BCUT2D eigenvalue weighted by Gasteiger charge is 2.15. The van der Waals surface area contributed by atoms with Crippen molar-refractivity contribution in [1.29, 1.82) is 0 Å². The van der Waals surface area contributed by atoms with E-state index in [0.717, 1.165) is 25.9 Å². The first-order valence-corrected chi connectivity index (χ1v) is 8.30. The van der Waals surface area contributed by atoms with E-state index in [-0.39, 0.29) is 4.90 Å². The van der Waals surface area contributed by atoms with Crippen LogP contribution in [-0.4, -0.2) is 51.5 Å². The molecule has 0 amide bonds. The number of unbranched alkanes of at least 4 members (excludes halogenated alkanes) is 1. The van der Waals surface area contributed by atoms with Crippen LogP contribution in [0.1, 0.15) is 19.8 Å². The molecule has 7 nitrogen and oxygen atoms in total. The predicted molar refractivity (Wildman–Crippen MR) is 77.1 cm³/mol. The molecular weight excluding hydrogens is 280 g/mol. The summed E-state index contributed by atoms with van der Waals surface area (Å²) >= 11 is 0. The molecule has 1 heterocycles. The van der Waals surface area contributed by atoms with Crippen molar-refractivity contribution in [2.45, 2.75) is 31.2 Å². The molecule has 1 aromatic heterocycles. The number of methoxy groups -OCH3 is 1. The molecule has 0 aromatic carbocycles. The lowest BCUT2D eigenvalue weighted by molar-refractivity contribution is 0.193. The zero-order chi connectivity index (χ0) is 14.8. The van der Waals surface area contributed by atoms with E-state index in [1.807, 2.05) is 6.92 Å². The normalized spacial score (nSPS) is 11.9. The fourth-order valence-corrected chi connectivity index (χ4v) is 2.66. The van der Waals surface area contributed by atoms with Crippen LogP contribution >= 0.6 is 0 Å². The molecule has 1 aromatic rings. The Labute approximate surface area is 120 Å². The second-order valence-electron chi connectivity index (χ2n) is 4.39. The summed E-state index contributed by atoms with van der Waals surface area (Å²) in [5.41, 5.74) is 0. The first-order chi connectivity index (χ1) is 9.60. The Morgan fingerprint density at radius 1 is 1.35 bits per heavy atom. The number of rotatable bonds is 11. The summed E-state index contributed by atoms with van der Waals surface area (Å²) in [7, 11) is -1.82. The number of hydrogen-bond acceptors (Lipinski definition) is 5. The molecule has 0 unspecified atom stereocenters. The van der Waals surface area contributed by atoms with Crippen molar-refractivity contribution < 1.29 is 13.2 Å². The van der Waals surface area contributed by atoms with Crippen molar-refractivity contribution in [2.24, 2.45) is 0 Å². The lowest BCUT2D eigenvalue weighted by Gasteiger charge is -2.04. The summed E-state index contributed by atoms with van der Waals surface area (Å²) in [6, 6.07) is 0. The van der Waals surface area contributed by atoms with Gasteiger partial charge < -0.3 is 10.1 Å². The minimum Gasteiger partial charge on any atom is -0.385 e. The van der Waals surface area contributed by atoms with Gasteiger partial charge in [0.05, 0.1) is 12.7 Å².